The first kappa shape index (κ1) is 9.44. The van der Waals surface area contributed by atoms with Crippen molar-refractivity contribution < 1.29 is 4.74 Å². The summed E-state index contributed by atoms with van der Waals surface area (Å²) in [7, 11) is 0. The van der Waals surface area contributed by atoms with Crippen LogP contribution in [0.5, 0.6) is 5.75 Å². The van der Waals surface area contributed by atoms with Crippen molar-refractivity contribution in [3.05, 3.63) is 18.0 Å². The highest BCUT2D eigenvalue weighted by atomic mass is 16.5. The highest BCUT2D eigenvalue weighted by Crippen LogP contribution is 2.43. The number of nitrogens with zero attached hydrogens (tertiary/aromatic N) is 2. The molecule has 14 heavy (non-hydrogen) atoms. The lowest BCUT2D eigenvalue weighted by Gasteiger charge is -2.37. The lowest BCUT2D eigenvalue weighted by Crippen LogP contribution is -2.44. The highest BCUT2D eigenvalue weighted by Gasteiger charge is 2.44. The molecule has 0 amide bonds. The van der Waals surface area contributed by atoms with E-state index < -0.39 is 0 Å². The minimum absolute atomic E-state index is 0.117. The average Bonchev–Trinajstić information content (AvgIpc) is 2.40. The van der Waals surface area contributed by atoms with Gasteiger partial charge in [0.25, 0.3) is 0 Å². The maximum absolute atomic E-state index is 5.96. The van der Waals surface area contributed by atoms with Gasteiger partial charge < -0.3 is 4.74 Å². The van der Waals surface area contributed by atoms with Crippen molar-refractivity contribution >= 4 is 0 Å². The van der Waals surface area contributed by atoms with Crippen LogP contribution in [0.1, 0.15) is 33.3 Å². The second kappa shape index (κ2) is 2.69. The Morgan fingerprint density at radius 3 is 2.50 bits per heavy atom. The molecule has 76 valence electrons. The molecular formula is C11H16N2O. The van der Waals surface area contributed by atoms with E-state index in [0.717, 1.165) is 17.7 Å². The first-order chi connectivity index (χ1) is 6.42. The Labute approximate surface area is 84.5 Å². The summed E-state index contributed by atoms with van der Waals surface area (Å²) in [5, 5.41) is 7.70. The summed E-state index contributed by atoms with van der Waals surface area (Å²) in [6, 6.07) is 0. The van der Waals surface area contributed by atoms with Crippen molar-refractivity contribution in [3.63, 3.8) is 0 Å². The van der Waals surface area contributed by atoms with Gasteiger partial charge in [0.1, 0.15) is 11.4 Å². The van der Waals surface area contributed by atoms with Gasteiger partial charge >= 0.3 is 0 Å². The first-order valence-electron chi connectivity index (χ1n) is 4.91. The zero-order valence-corrected chi connectivity index (χ0v) is 9.16. The Bertz CT molecular complexity index is 330. The Morgan fingerprint density at radius 1 is 1.29 bits per heavy atom. The van der Waals surface area contributed by atoms with E-state index >= 15 is 0 Å². The largest absolute Gasteiger partial charge is 0.485 e. The van der Waals surface area contributed by atoms with E-state index in [1.165, 1.54) is 0 Å². The van der Waals surface area contributed by atoms with Gasteiger partial charge in [0.15, 0.2) is 0 Å². The molecule has 1 aromatic heterocycles. The van der Waals surface area contributed by atoms with Crippen LogP contribution in [-0.2, 0) is 6.42 Å². The number of rotatable bonds is 0. The SMILES string of the molecule is CC(C)(C)[C@@]1(C)Cc2cnncc2O1. The Kier molecular flexibility index (Phi) is 1.81. The molecule has 0 aliphatic carbocycles. The Morgan fingerprint density at radius 2 is 1.93 bits per heavy atom. The molecule has 3 heteroatoms. The molecule has 2 heterocycles. The van der Waals surface area contributed by atoms with E-state index in [9.17, 15) is 0 Å². The van der Waals surface area contributed by atoms with E-state index in [1.807, 2.05) is 0 Å². The second-order valence-corrected chi connectivity index (χ2v) is 5.14. The van der Waals surface area contributed by atoms with Gasteiger partial charge in [-0.15, -0.1) is 0 Å². The van der Waals surface area contributed by atoms with Crippen LogP contribution in [0, 0.1) is 5.41 Å². The fourth-order valence-electron chi connectivity index (χ4n) is 1.62. The van der Waals surface area contributed by atoms with Crippen LogP contribution in [0.15, 0.2) is 12.4 Å². The van der Waals surface area contributed by atoms with Crippen molar-refractivity contribution in [1.29, 1.82) is 0 Å². The highest BCUT2D eigenvalue weighted by molar-refractivity contribution is 5.35. The fourth-order valence-corrected chi connectivity index (χ4v) is 1.62. The molecule has 1 aromatic rings. The van der Waals surface area contributed by atoms with Gasteiger partial charge in [-0.2, -0.15) is 10.2 Å². The number of ether oxygens (including phenoxy) is 1. The van der Waals surface area contributed by atoms with Gasteiger partial charge in [0.2, 0.25) is 0 Å². The third-order valence-electron chi connectivity index (χ3n) is 3.22. The lowest BCUT2D eigenvalue weighted by molar-refractivity contribution is 0.00336. The first-order valence-corrected chi connectivity index (χ1v) is 4.91. The number of aromatic nitrogens is 2. The quantitative estimate of drug-likeness (QED) is 0.632. The van der Waals surface area contributed by atoms with Crippen molar-refractivity contribution in [1.82, 2.24) is 10.2 Å². The van der Waals surface area contributed by atoms with Gasteiger partial charge in [-0.05, 0) is 6.92 Å². The molecule has 0 radical (unpaired) electrons. The van der Waals surface area contributed by atoms with E-state index in [1.54, 1.807) is 12.4 Å². The Balaban J connectivity index is 2.35. The van der Waals surface area contributed by atoms with Crippen molar-refractivity contribution in [2.75, 3.05) is 0 Å². The van der Waals surface area contributed by atoms with Crippen LogP contribution < -0.4 is 4.74 Å². The molecule has 2 rings (SSSR count). The van der Waals surface area contributed by atoms with Crippen LogP contribution in [0.2, 0.25) is 0 Å². The van der Waals surface area contributed by atoms with Gasteiger partial charge in [-0.25, -0.2) is 0 Å². The Hall–Kier alpha value is -1.12. The molecule has 1 aliphatic heterocycles. The van der Waals surface area contributed by atoms with Crippen LogP contribution in [0.3, 0.4) is 0 Å². The van der Waals surface area contributed by atoms with Crippen molar-refractivity contribution in [2.24, 2.45) is 5.41 Å². The third kappa shape index (κ3) is 1.27. The second-order valence-electron chi connectivity index (χ2n) is 5.14. The summed E-state index contributed by atoms with van der Waals surface area (Å²) < 4.78 is 5.96. The van der Waals surface area contributed by atoms with Crippen LogP contribution >= 0.6 is 0 Å². The molecule has 0 N–H and O–H groups in total. The molecule has 0 aromatic carbocycles. The molecule has 1 aliphatic rings. The molecule has 0 unspecified atom stereocenters. The van der Waals surface area contributed by atoms with Gasteiger partial charge in [0, 0.05) is 17.4 Å². The van der Waals surface area contributed by atoms with Crippen molar-refractivity contribution in [2.45, 2.75) is 39.7 Å². The monoisotopic (exact) mass is 192 g/mol. The summed E-state index contributed by atoms with van der Waals surface area (Å²) in [6.45, 7) is 8.73. The van der Waals surface area contributed by atoms with E-state index in [4.69, 9.17) is 4.74 Å². The zero-order valence-electron chi connectivity index (χ0n) is 9.16. The molecule has 0 bridgehead atoms. The van der Waals surface area contributed by atoms with Crippen LogP contribution in [0.25, 0.3) is 0 Å². The standard InChI is InChI=1S/C11H16N2O/c1-10(2,3)11(4)5-8-6-12-13-7-9(8)14-11/h6-7H,5H2,1-4H3/t11-/m1/s1. The average molecular weight is 192 g/mol. The van der Waals surface area contributed by atoms with Gasteiger partial charge in [-0.1, -0.05) is 20.8 Å². The topological polar surface area (TPSA) is 35.0 Å². The summed E-state index contributed by atoms with van der Waals surface area (Å²) in [5.41, 5.74) is 1.14. The molecule has 0 fully saturated rings. The smallest absolute Gasteiger partial charge is 0.145 e. The molecular weight excluding hydrogens is 176 g/mol. The summed E-state index contributed by atoms with van der Waals surface area (Å²) in [4.78, 5) is 0. The molecule has 1 atom stereocenters. The molecule has 3 nitrogen and oxygen atoms in total. The van der Waals surface area contributed by atoms with Gasteiger partial charge in [-0.3, -0.25) is 0 Å². The summed E-state index contributed by atoms with van der Waals surface area (Å²) >= 11 is 0. The maximum Gasteiger partial charge on any atom is 0.145 e. The minimum Gasteiger partial charge on any atom is -0.485 e. The predicted octanol–water partition coefficient (Wildman–Crippen LogP) is 2.22. The van der Waals surface area contributed by atoms with E-state index in [-0.39, 0.29) is 11.0 Å². The van der Waals surface area contributed by atoms with Crippen LogP contribution in [0.4, 0.5) is 0 Å². The van der Waals surface area contributed by atoms with E-state index in [0.29, 0.717) is 0 Å². The summed E-state index contributed by atoms with van der Waals surface area (Å²) in [6.07, 6.45) is 4.42. The normalized spacial score (nSPS) is 25.7. The predicted molar refractivity (Wildman–Crippen MR) is 54.2 cm³/mol. The lowest BCUT2D eigenvalue weighted by atomic mass is 9.75. The third-order valence-corrected chi connectivity index (χ3v) is 3.22. The number of hydrogen-bond donors (Lipinski definition) is 0. The maximum atomic E-state index is 5.96. The van der Waals surface area contributed by atoms with Crippen LogP contribution in [-0.4, -0.2) is 15.8 Å². The number of fused-ring (bicyclic) bond motifs is 1. The van der Waals surface area contributed by atoms with E-state index in [2.05, 4.69) is 37.9 Å². The van der Waals surface area contributed by atoms with Crippen molar-refractivity contribution in [3.8, 4) is 5.75 Å². The molecule has 0 spiro atoms. The molecule has 0 saturated heterocycles. The molecule has 0 saturated carbocycles. The number of hydrogen-bond acceptors (Lipinski definition) is 3. The minimum atomic E-state index is -0.139. The zero-order chi connectivity index (χ0) is 10.4. The fraction of sp³-hybridized carbons (Fsp3) is 0.636. The van der Waals surface area contributed by atoms with Gasteiger partial charge in [0.05, 0.1) is 12.4 Å². The summed E-state index contributed by atoms with van der Waals surface area (Å²) in [5.74, 6) is 0.887.